The maximum Gasteiger partial charge on any atom is 0.345 e. The second-order valence-electron chi connectivity index (χ2n) is 5.38. The van der Waals surface area contributed by atoms with Crippen LogP contribution in [-0.2, 0) is 5.75 Å². The van der Waals surface area contributed by atoms with Gasteiger partial charge >= 0.3 is 6.03 Å². The van der Waals surface area contributed by atoms with Crippen molar-refractivity contribution in [2.24, 2.45) is 4.99 Å². The first-order valence-corrected chi connectivity index (χ1v) is 8.46. The molecule has 6 heteroatoms. The van der Waals surface area contributed by atoms with Gasteiger partial charge < -0.3 is 4.90 Å². The van der Waals surface area contributed by atoms with Gasteiger partial charge in [0.05, 0.1) is 11.2 Å². The Kier molecular flexibility index (Phi) is 4.52. The van der Waals surface area contributed by atoms with Crippen molar-refractivity contribution < 1.29 is 4.79 Å². The highest BCUT2D eigenvalue weighted by molar-refractivity contribution is 8.13. The van der Waals surface area contributed by atoms with Gasteiger partial charge in [-0.1, -0.05) is 29.8 Å². The van der Waals surface area contributed by atoms with E-state index in [1.165, 1.54) is 0 Å². The highest BCUT2D eigenvalue weighted by Gasteiger charge is 2.35. The van der Waals surface area contributed by atoms with Crippen molar-refractivity contribution in [2.75, 3.05) is 20.1 Å². The van der Waals surface area contributed by atoms with Crippen LogP contribution in [0.2, 0.25) is 5.02 Å². The van der Waals surface area contributed by atoms with Gasteiger partial charge in [-0.15, -0.1) is 11.8 Å². The topological polar surface area (TPSA) is 35.9 Å². The molecule has 1 fully saturated rings. The van der Waals surface area contributed by atoms with E-state index in [9.17, 15) is 4.79 Å². The third-order valence-corrected chi connectivity index (χ3v) is 5.37. The third-order valence-electron chi connectivity index (χ3n) is 3.95. The molecular weight excluding hydrogens is 306 g/mol. The second kappa shape index (κ2) is 6.38. The number of fused-ring (bicyclic) bond motifs is 1. The quantitative estimate of drug-likeness (QED) is 0.836. The Hall–Kier alpha value is -1.04. The first-order valence-electron chi connectivity index (χ1n) is 7.10. The number of rotatable bonds is 2. The van der Waals surface area contributed by atoms with Gasteiger partial charge in [0.2, 0.25) is 0 Å². The molecule has 1 aromatic rings. The van der Waals surface area contributed by atoms with Gasteiger partial charge in [0.25, 0.3) is 0 Å². The Labute approximate surface area is 134 Å². The van der Waals surface area contributed by atoms with Gasteiger partial charge in [0.15, 0.2) is 0 Å². The van der Waals surface area contributed by atoms with Gasteiger partial charge in [-0.3, -0.25) is 4.90 Å². The van der Waals surface area contributed by atoms with Crippen LogP contribution >= 0.6 is 23.4 Å². The summed E-state index contributed by atoms with van der Waals surface area (Å²) in [5.74, 6) is 0.752. The number of nitrogens with zero attached hydrogens (tertiary/aromatic N) is 3. The summed E-state index contributed by atoms with van der Waals surface area (Å²) in [7, 11) is 2.08. The molecule has 2 aliphatic heterocycles. The SMILES string of the molecule is CN1CCCN2C(=O)N=C(SCc3ccccc3Cl)CC12. The number of hydrogen-bond donors (Lipinski definition) is 0. The molecule has 0 saturated carbocycles. The third kappa shape index (κ3) is 3.25. The largest absolute Gasteiger partial charge is 0.345 e. The molecule has 0 radical (unpaired) electrons. The smallest absolute Gasteiger partial charge is 0.307 e. The number of hydrogen-bond acceptors (Lipinski definition) is 3. The molecule has 2 amide bonds. The molecule has 21 heavy (non-hydrogen) atoms. The van der Waals surface area contributed by atoms with Gasteiger partial charge in [0.1, 0.15) is 0 Å². The lowest BCUT2D eigenvalue weighted by Crippen LogP contribution is -2.56. The Morgan fingerprint density at radius 2 is 2.19 bits per heavy atom. The van der Waals surface area contributed by atoms with Crippen LogP contribution in [0.5, 0.6) is 0 Å². The molecule has 112 valence electrons. The maximum atomic E-state index is 12.1. The molecule has 1 atom stereocenters. The number of benzene rings is 1. The molecule has 1 unspecified atom stereocenters. The van der Waals surface area contributed by atoms with Crippen LogP contribution in [0.3, 0.4) is 0 Å². The van der Waals surface area contributed by atoms with E-state index in [1.54, 1.807) is 11.8 Å². The molecule has 3 rings (SSSR count). The van der Waals surface area contributed by atoms with Crippen molar-refractivity contribution in [3.63, 3.8) is 0 Å². The van der Waals surface area contributed by atoms with E-state index in [2.05, 4.69) is 16.9 Å². The van der Waals surface area contributed by atoms with Crippen LogP contribution in [0.1, 0.15) is 18.4 Å². The van der Waals surface area contributed by atoms with E-state index in [-0.39, 0.29) is 12.2 Å². The van der Waals surface area contributed by atoms with E-state index in [0.717, 1.165) is 47.3 Å². The summed E-state index contributed by atoms with van der Waals surface area (Å²) in [6.45, 7) is 1.86. The number of halogens is 1. The normalized spacial score (nSPS) is 23.0. The first-order chi connectivity index (χ1) is 10.1. The molecule has 0 bridgehead atoms. The molecule has 0 aliphatic carbocycles. The average molecular weight is 324 g/mol. The highest BCUT2D eigenvalue weighted by Crippen LogP contribution is 2.28. The predicted molar refractivity (Wildman–Crippen MR) is 87.9 cm³/mol. The molecule has 2 aliphatic rings. The highest BCUT2D eigenvalue weighted by atomic mass is 35.5. The predicted octanol–water partition coefficient (Wildman–Crippen LogP) is 3.46. The summed E-state index contributed by atoms with van der Waals surface area (Å²) >= 11 is 7.79. The molecule has 1 saturated heterocycles. The van der Waals surface area contributed by atoms with E-state index < -0.39 is 0 Å². The van der Waals surface area contributed by atoms with Crippen molar-refractivity contribution in [2.45, 2.75) is 24.8 Å². The van der Waals surface area contributed by atoms with Crippen LogP contribution in [0.15, 0.2) is 29.3 Å². The molecule has 0 aromatic heterocycles. The van der Waals surface area contributed by atoms with Gasteiger partial charge in [-0.25, -0.2) is 4.79 Å². The summed E-state index contributed by atoms with van der Waals surface area (Å²) in [4.78, 5) is 20.5. The van der Waals surface area contributed by atoms with Crippen LogP contribution in [0.25, 0.3) is 0 Å². The summed E-state index contributed by atoms with van der Waals surface area (Å²) in [6.07, 6.45) is 2.01. The average Bonchev–Trinajstić information content (AvgIpc) is 2.48. The van der Waals surface area contributed by atoms with Crippen LogP contribution in [0.4, 0.5) is 4.79 Å². The number of carbonyl (C=O) groups excluding carboxylic acids is 1. The fourth-order valence-corrected chi connectivity index (χ4v) is 4.02. The molecule has 1 aromatic carbocycles. The van der Waals surface area contributed by atoms with Gasteiger partial charge in [0, 0.05) is 30.3 Å². The molecule has 2 heterocycles. The minimum absolute atomic E-state index is 0.0977. The fraction of sp³-hybridized carbons (Fsp3) is 0.467. The summed E-state index contributed by atoms with van der Waals surface area (Å²) in [5.41, 5.74) is 1.08. The Balaban J connectivity index is 1.69. The summed E-state index contributed by atoms with van der Waals surface area (Å²) in [6, 6.07) is 7.71. The van der Waals surface area contributed by atoms with E-state index in [0.29, 0.717) is 0 Å². The first kappa shape index (κ1) is 14.9. The van der Waals surface area contributed by atoms with Crippen molar-refractivity contribution in [1.82, 2.24) is 9.80 Å². The number of carbonyl (C=O) groups is 1. The van der Waals surface area contributed by atoms with Crippen molar-refractivity contribution in [3.8, 4) is 0 Å². The Morgan fingerprint density at radius 1 is 1.38 bits per heavy atom. The molecular formula is C15H18ClN3OS. The number of aliphatic imine (C=N–C) groups is 1. The lowest BCUT2D eigenvalue weighted by molar-refractivity contribution is 0.0538. The molecule has 0 spiro atoms. The van der Waals surface area contributed by atoms with Crippen molar-refractivity contribution in [1.29, 1.82) is 0 Å². The lowest BCUT2D eigenvalue weighted by atomic mass is 10.1. The monoisotopic (exact) mass is 323 g/mol. The zero-order valence-electron chi connectivity index (χ0n) is 12.0. The van der Waals surface area contributed by atoms with Crippen molar-refractivity contribution in [3.05, 3.63) is 34.9 Å². The van der Waals surface area contributed by atoms with Gasteiger partial charge in [-0.2, -0.15) is 4.99 Å². The zero-order chi connectivity index (χ0) is 14.8. The van der Waals surface area contributed by atoms with Crippen LogP contribution in [-0.4, -0.2) is 47.2 Å². The van der Waals surface area contributed by atoms with Crippen LogP contribution in [0, 0.1) is 0 Å². The van der Waals surface area contributed by atoms with E-state index in [4.69, 9.17) is 11.6 Å². The minimum Gasteiger partial charge on any atom is -0.307 e. The maximum absolute atomic E-state index is 12.1. The number of thioether (sulfide) groups is 1. The standard InChI is InChI=1S/C15H18ClN3OS/c1-18-7-4-8-19-14(18)9-13(17-15(19)20)21-10-11-5-2-3-6-12(11)16/h2-3,5-6,14H,4,7-10H2,1H3. The second-order valence-corrected chi connectivity index (χ2v) is 6.84. The minimum atomic E-state index is -0.0977. The Morgan fingerprint density at radius 3 is 3.00 bits per heavy atom. The number of urea groups is 1. The number of amides is 2. The van der Waals surface area contributed by atoms with E-state index in [1.807, 2.05) is 29.2 Å². The van der Waals surface area contributed by atoms with E-state index >= 15 is 0 Å². The molecule has 0 N–H and O–H groups in total. The molecule has 4 nitrogen and oxygen atoms in total. The summed E-state index contributed by atoms with van der Waals surface area (Å²) in [5, 5.41) is 1.68. The van der Waals surface area contributed by atoms with Crippen molar-refractivity contribution >= 4 is 34.4 Å². The zero-order valence-corrected chi connectivity index (χ0v) is 13.5. The summed E-state index contributed by atoms with van der Waals surface area (Å²) < 4.78 is 0. The Bertz CT molecular complexity index is 578. The fourth-order valence-electron chi connectivity index (χ4n) is 2.76. The van der Waals surface area contributed by atoms with Crippen LogP contribution < -0.4 is 0 Å². The lowest BCUT2D eigenvalue weighted by Gasteiger charge is -2.43. The van der Waals surface area contributed by atoms with Gasteiger partial charge in [-0.05, 0) is 25.1 Å².